The molecule has 6 nitrogen and oxygen atoms in total. The Morgan fingerprint density at radius 2 is 1.28 bits per heavy atom. The van der Waals surface area contributed by atoms with Crippen LogP contribution in [0.2, 0.25) is 10.0 Å². The van der Waals surface area contributed by atoms with E-state index in [0.29, 0.717) is 42.4 Å². The van der Waals surface area contributed by atoms with Crippen LogP contribution < -0.4 is 9.50 Å². The van der Waals surface area contributed by atoms with Crippen LogP contribution in [-0.4, -0.2) is 20.0 Å². The van der Waals surface area contributed by atoms with Gasteiger partial charge in [-0.2, -0.15) is 8.42 Å². The Balaban J connectivity index is 1.61. The van der Waals surface area contributed by atoms with Crippen LogP contribution in [0.25, 0.3) is 0 Å². The van der Waals surface area contributed by atoms with Gasteiger partial charge >= 0.3 is 10.1 Å². The Kier molecular flexibility index (Phi) is 6.80. The average molecular weight is 589 g/mol. The molecule has 1 aliphatic heterocycles. The number of allylic oxidation sites excluding steroid dienone is 4. The number of benzene rings is 2. The van der Waals surface area contributed by atoms with Crippen molar-refractivity contribution in [3.63, 3.8) is 0 Å². The van der Waals surface area contributed by atoms with Crippen molar-refractivity contribution in [2.45, 2.75) is 71.1 Å². The summed E-state index contributed by atoms with van der Waals surface area (Å²) in [5.41, 5.74) is 3.74. The van der Waals surface area contributed by atoms with E-state index in [1.54, 1.807) is 24.3 Å². The lowest BCUT2D eigenvalue weighted by Crippen LogP contribution is -2.42. The molecule has 2 aromatic carbocycles. The molecular formula is C30H31Cl2NO5S. The van der Waals surface area contributed by atoms with E-state index < -0.39 is 16.0 Å². The Morgan fingerprint density at radius 3 is 1.74 bits per heavy atom. The van der Waals surface area contributed by atoms with Crippen molar-refractivity contribution >= 4 is 44.9 Å². The molecule has 3 aliphatic rings. The monoisotopic (exact) mass is 587 g/mol. The molecule has 206 valence electrons. The van der Waals surface area contributed by atoms with E-state index in [1.165, 1.54) is 12.1 Å². The molecule has 0 unspecified atom stereocenters. The van der Waals surface area contributed by atoms with E-state index >= 15 is 0 Å². The number of carbonyl (C=O) groups is 2. The van der Waals surface area contributed by atoms with Crippen molar-refractivity contribution in [2.75, 3.05) is 0 Å². The molecule has 2 aromatic rings. The maximum Gasteiger partial charge on any atom is 0.339 e. The van der Waals surface area contributed by atoms with Gasteiger partial charge in [-0.1, -0.05) is 68.6 Å². The van der Waals surface area contributed by atoms with Gasteiger partial charge in [0.25, 0.3) is 0 Å². The zero-order valence-electron chi connectivity index (χ0n) is 22.6. The second-order valence-corrected chi connectivity index (χ2v) is 14.7. The van der Waals surface area contributed by atoms with E-state index in [4.69, 9.17) is 27.4 Å². The number of aryl methyl sites for hydroxylation is 1. The van der Waals surface area contributed by atoms with Crippen LogP contribution in [0.15, 0.2) is 63.8 Å². The molecule has 0 aromatic heterocycles. The zero-order valence-corrected chi connectivity index (χ0v) is 24.9. The van der Waals surface area contributed by atoms with E-state index in [-0.39, 0.29) is 43.1 Å². The minimum absolute atomic E-state index is 0.0248. The molecule has 0 radical (unpaired) electrons. The second kappa shape index (κ2) is 9.50. The van der Waals surface area contributed by atoms with Crippen molar-refractivity contribution in [1.82, 2.24) is 5.32 Å². The summed E-state index contributed by atoms with van der Waals surface area (Å²) in [6.07, 6.45) is 2.02. The highest BCUT2D eigenvalue weighted by Crippen LogP contribution is 2.52. The first-order chi connectivity index (χ1) is 18.1. The summed E-state index contributed by atoms with van der Waals surface area (Å²) in [7, 11) is -4.20. The van der Waals surface area contributed by atoms with Crippen molar-refractivity contribution < 1.29 is 22.2 Å². The van der Waals surface area contributed by atoms with Crippen LogP contribution >= 0.6 is 23.2 Å². The number of dihydropyridines is 1. The summed E-state index contributed by atoms with van der Waals surface area (Å²) in [5.74, 6) is -0.914. The highest BCUT2D eigenvalue weighted by molar-refractivity contribution is 7.87. The number of nitrogens with one attached hydrogen (secondary N) is 1. The van der Waals surface area contributed by atoms with Gasteiger partial charge in [0.1, 0.15) is 4.90 Å². The highest BCUT2D eigenvalue weighted by Gasteiger charge is 2.46. The molecule has 39 heavy (non-hydrogen) atoms. The Labute approximate surface area is 239 Å². The fourth-order valence-electron chi connectivity index (χ4n) is 5.91. The topological polar surface area (TPSA) is 89.5 Å². The number of hydrogen-bond donors (Lipinski definition) is 1. The first kappa shape index (κ1) is 27.9. The Bertz CT molecular complexity index is 1510. The average Bonchev–Trinajstić information content (AvgIpc) is 2.78. The molecule has 0 atom stereocenters. The molecule has 5 rings (SSSR count). The molecule has 1 N–H and O–H groups in total. The highest BCUT2D eigenvalue weighted by atomic mass is 35.5. The van der Waals surface area contributed by atoms with Crippen molar-refractivity contribution in [3.05, 3.63) is 80.1 Å². The third-order valence-corrected chi connectivity index (χ3v) is 9.37. The van der Waals surface area contributed by atoms with E-state index in [0.717, 1.165) is 17.0 Å². The molecule has 9 heteroatoms. The lowest BCUT2D eigenvalue weighted by Gasteiger charge is -2.44. The Hall–Kier alpha value is -2.61. The summed E-state index contributed by atoms with van der Waals surface area (Å²) in [6, 6.07) is 9.34. The summed E-state index contributed by atoms with van der Waals surface area (Å²) in [5, 5.41) is 3.42. The summed E-state index contributed by atoms with van der Waals surface area (Å²) in [6.45, 7) is 10.1. The molecule has 0 amide bonds. The predicted molar refractivity (Wildman–Crippen MR) is 151 cm³/mol. The molecule has 1 heterocycles. The molecular weight excluding hydrogens is 557 g/mol. The van der Waals surface area contributed by atoms with Crippen molar-refractivity contribution in [1.29, 1.82) is 0 Å². The van der Waals surface area contributed by atoms with Gasteiger partial charge in [0, 0.05) is 41.3 Å². The van der Waals surface area contributed by atoms with E-state index in [9.17, 15) is 18.0 Å². The zero-order chi connectivity index (χ0) is 28.5. The third kappa shape index (κ3) is 5.29. The number of Topliss-reactive ketones (excluding diaryl/α,β-unsaturated/α-hetero) is 2. The van der Waals surface area contributed by atoms with Crippen molar-refractivity contribution in [3.8, 4) is 5.75 Å². The van der Waals surface area contributed by atoms with E-state index in [2.05, 4.69) is 33.0 Å². The molecule has 0 saturated heterocycles. The fraction of sp³-hybridized carbons (Fsp3) is 0.400. The quantitative estimate of drug-likeness (QED) is 0.386. The van der Waals surface area contributed by atoms with Crippen molar-refractivity contribution in [2.24, 2.45) is 10.8 Å². The van der Waals surface area contributed by atoms with Gasteiger partial charge in [-0.3, -0.25) is 9.59 Å². The first-order valence-electron chi connectivity index (χ1n) is 12.9. The molecule has 0 saturated carbocycles. The van der Waals surface area contributed by atoms with Crippen LogP contribution in [0.4, 0.5) is 0 Å². The van der Waals surface area contributed by atoms with Crippen LogP contribution in [-0.2, 0) is 19.7 Å². The Morgan fingerprint density at radius 1 is 0.821 bits per heavy atom. The van der Waals surface area contributed by atoms with Crippen LogP contribution in [0.5, 0.6) is 5.75 Å². The lowest BCUT2D eigenvalue weighted by atomic mass is 9.64. The van der Waals surface area contributed by atoms with Gasteiger partial charge in [-0.05, 0) is 60.4 Å². The van der Waals surface area contributed by atoms with E-state index in [1.807, 2.05) is 6.92 Å². The number of carbonyl (C=O) groups excluding carboxylic acids is 2. The third-order valence-electron chi connectivity index (χ3n) is 7.58. The molecule has 2 aliphatic carbocycles. The second-order valence-electron chi connectivity index (χ2n) is 12.4. The molecule has 0 bridgehead atoms. The van der Waals surface area contributed by atoms with Gasteiger partial charge in [0.05, 0.1) is 10.0 Å². The van der Waals surface area contributed by atoms with Crippen LogP contribution in [0.3, 0.4) is 0 Å². The lowest BCUT2D eigenvalue weighted by molar-refractivity contribution is -0.119. The maximum absolute atomic E-state index is 13.5. The predicted octanol–water partition coefficient (Wildman–Crippen LogP) is 7.04. The minimum atomic E-state index is -4.20. The smallest absolute Gasteiger partial charge is 0.339 e. The van der Waals surface area contributed by atoms with Gasteiger partial charge in [0.2, 0.25) is 0 Å². The fourth-order valence-corrected chi connectivity index (χ4v) is 7.55. The summed E-state index contributed by atoms with van der Waals surface area (Å²) >= 11 is 13.2. The SMILES string of the molecule is Cc1ccc(S(=O)(=O)Oc2c(Cl)cc(C3C4=C(CC(C)(C)CC4=O)NC4=C3C(=O)CC(C)(C)C4)cc2Cl)cc1. The standard InChI is InChI=1S/C30H31Cl2NO5S/c1-16-6-8-18(9-7-16)39(36,37)38-28-19(31)10-17(11-20(28)32)25-26-21(12-29(2,3)14-23(26)34)33-22-13-30(4,5)15-24(35)27(22)25/h6-11,25,33H,12-15H2,1-5H3. The number of hydrogen-bond acceptors (Lipinski definition) is 6. The first-order valence-corrected chi connectivity index (χ1v) is 15.0. The normalized spacial score (nSPS) is 20.9. The number of halogens is 2. The number of rotatable bonds is 4. The number of ketones is 2. The minimum Gasteiger partial charge on any atom is -0.376 e. The van der Waals surface area contributed by atoms with Gasteiger partial charge < -0.3 is 9.50 Å². The summed E-state index contributed by atoms with van der Waals surface area (Å²) in [4.78, 5) is 27.1. The van der Waals surface area contributed by atoms with Crippen LogP contribution in [0, 0.1) is 17.8 Å². The van der Waals surface area contributed by atoms with Gasteiger partial charge in [-0.15, -0.1) is 0 Å². The largest absolute Gasteiger partial charge is 0.376 e. The maximum atomic E-state index is 13.5. The van der Waals surface area contributed by atoms with Gasteiger partial charge in [-0.25, -0.2) is 0 Å². The molecule has 0 fully saturated rings. The van der Waals surface area contributed by atoms with Crippen LogP contribution in [0.1, 0.15) is 70.4 Å². The molecule has 0 spiro atoms. The summed E-state index contributed by atoms with van der Waals surface area (Å²) < 4.78 is 31.3. The van der Waals surface area contributed by atoms with Gasteiger partial charge in [0.15, 0.2) is 17.3 Å².